The van der Waals surface area contributed by atoms with Gasteiger partial charge in [-0.25, -0.2) is 4.98 Å². The van der Waals surface area contributed by atoms with Crippen molar-refractivity contribution >= 4 is 11.9 Å². The van der Waals surface area contributed by atoms with Crippen LogP contribution >= 0.6 is 0 Å². The first kappa shape index (κ1) is 12.3. The van der Waals surface area contributed by atoms with Gasteiger partial charge in [-0.1, -0.05) is 20.3 Å². The Morgan fingerprint density at radius 1 is 1.00 bits per heavy atom. The van der Waals surface area contributed by atoms with E-state index in [9.17, 15) is 0 Å². The van der Waals surface area contributed by atoms with Crippen molar-refractivity contribution in [1.82, 2.24) is 24.9 Å². The van der Waals surface area contributed by atoms with E-state index in [1.54, 1.807) is 0 Å². The molecule has 7 heteroatoms. The topological polar surface area (TPSA) is 119 Å². The van der Waals surface area contributed by atoms with Gasteiger partial charge in [0.15, 0.2) is 5.82 Å². The number of nitrogens with one attached hydrogen (secondary N) is 1. The lowest BCUT2D eigenvalue weighted by Gasteiger charge is -1.98. The zero-order chi connectivity index (χ0) is 13.1. The highest BCUT2D eigenvalue weighted by Gasteiger charge is 2.13. The number of hydrogen-bond donors (Lipinski definition) is 3. The van der Waals surface area contributed by atoms with Crippen LogP contribution in [0.5, 0.6) is 0 Å². The van der Waals surface area contributed by atoms with Crippen molar-refractivity contribution < 1.29 is 0 Å². The summed E-state index contributed by atoms with van der Waals surface area (Å²) in [5.41, 5.74) is 13.2. The van der Waals surface area contributed by atoms with Crippen molar-refractivity contribution in [3.63, 3.8) is 0 Å². The summed E-state index contributed by atoms with van der Waals surface area (Å²) in [6.07, 6.45) is 2.87. The van der Waals surface area contributed by atoms with Crippen molar-refractivity contribution in [1.29, 1.82) is 0 Å². The van der Waals surface area contributed by atoms with Gasteiger partial charge in [0.1, 0.15) is 0 Å². The summed E-state index contributed by atoms with van der Waals surface area (Å²) in [6.45, 7) is 4.19. The first-order valence-electron chi connectivity index (χ1n) is 5.99. The molecule has 0 fully saturated rings. The Kier molecular flexibility index (Phi) is 3.40. The van der Waals surface area contributed by atoms with E-state index < -0.39 is 0 Å². The number of hydrogen-bond acceptors (Lipinski definition) is 6. The van der Waals surface area contributed by atoms with Gasteiger partial charge >= 0.3 is 0 Å². The fraction of sp³-hybridized carbons (Fsp3) is 0.455. The van der Waals surface area contributed by atoms with E-state index >= 15 is 0 Å². The number of H-pyrrole nitrogens is 1. The number of aryl methyl sites for hydroxylation is 2. The van der Waals surface area contributed by atoms with Crippen molar-refractivity contribution in [3.05, 3.63) is 11.4 Å². The van der Waals surface area contributed by atoms with Gasteiger partial charge in [0.05, 0.1) is 5.69 Å². The maximum atomic E-state index is 5.55. The Balaban J connectivity index is 2.43. The minimum absolute atomic E-state index is 0.101. The second-order valence-corrected chi connectivity index (χ2v) is 3.99. The number of rotatable bonds is 4. The lowest BCUT2D eigenvalue weighted by atomic mass is 10.2. The third kappa shape index (κ3) is 2.39. The van der Waals surface area contributed by atoms with E-state index in [4.69, 9.17) is 11.5 Å². The molecule has 0 bridgehead atoms. The Morgan fingerprint density at radius 2 is 1.67 bits per heavy atom. The molecule has 0 saturated heterocycles. The summed E-state index contributed by atoms with van der Waals surface area (Å²) in [4.78, 5) is 19.5. The highest BCUT2D eigenvalue weighted by atomic mass is 15.2. The van der Waals surface area contributed by atoms with Crippen LogP contribution < -0.4 is 11.5 Å². The molecule has 2 aromatic heterocycles. The smallest absolute Gasteiger partial charge is 0.225 e. The number of aromatic nitrogens is 5. The number of nitrogens with two attached hydrogens (primary N) is 2. The Labute approximate surface area is 105 Å². The lowest BCUT2D eigenvalue weighted by Crippen LogP contribution is -2.04. The largest absolute Gasteiger partial charge is 0.368 e. The van der Waals surface area contributed by atoms with Crippen LogP contribution in [0.4, 0.5) is 11.9 Å². The summed E-state index contributed by atoms with van der Waals surface area (Å²) in [7, 11) is 0. The Hall–Kier alpha value is -2.18. The summed E-state index contributed by atoms with van der Waals surface area (Å²) < 4.78 is 0. The number of anilines is 2. The number of aromatic amines is 1. The van der Waals surface area contributed by atoms with Crippen molar-refractivity contribution in [3.8, 4) is 11.6 Å². The van der Waals surface area contributed by atoms with Crippen LogP contribution in [0.15, 0.2) is 0 Å². The van der Waals surface area contributed by atoms with Crippen molar-refractivity contribution in [2.45, 2.75) is 33.1 Å². The zero-order valence-corrected chi connectivity index (χ0v) is 10.6. The molecular formula is C11H17N7. The van der Waals surface area contributed by atoms with Crippen LogP contribution in [-0.4, -0.2) is 24.9 Å². The van der Waals surface area contributed by atoms with Gasteiger partial charge < -0.3 is 16.5 Å². The third-order valence-corrected chi connectivity index (χ3v) is 2.58. The fourth-order valence-electron chi connectivity index (χ4n) is 1.82. The standard InChI is InChI=1S/C11H17N7/c1-3-5-7-6(4-2)14-8(15-7)9-16-10(12)18-11(13)17-9/h3-5H2,1-2H3,(H,14,15)(H4,12,13,16,17,18). The fourth-order valence-corrected chi connectivity index (χ4v) is 1.82. The lowest BCUT2D eigenvalue weighted by molar-refractivity contribution is 0.867. The number of imidazole rings is 1. The molecule has 0 atom stereocenters. The minimum Gasteiger partial charge on any atom is -0.368 e. The first-order chi connectivity index (χ1) is 8.63. The monoisotopic (exact) mass is 247 g/mol. The Morgan fingerprint density at radius 3 is 2.22 bits per heavy atom. The molecule has 0 radical (unpaired) electrons. The molecule has 0 unspecified atom stereocenters. The Bertz CT molecular complexity index is 526. The van der Waals surface area contributed by atoms with Crippen LogP contribution in [0, 0.1) is 0 Å². The second-order valence-electron chi connectivity index (χ2n) is 3.99. The van der Waals surface area contributed by atoms with Crippen LogP contribution in [0.2, 0.25) is 0 Å². The van der Waals surface area contributed by atoms with Gasteiger partial charge in [0.25, 0.3) is 0 Å². The average Bonchev–Trinajstić information content (AvgIpc) is 2.71. The minimum atomic E-state index is 0.101. The summed E-state index contributed by atoms with van der Waals surface area (Å²) in [5, 5.41) is 0. The molecule has 7 nitrogen and oxygen atoms in total. The molecule has 2 heterocycles. The normalized spacial score (nSPS) is 10.8. The van der Waals surface area contributed by atoms with Crippen LogP contribution in [0.1, 0.15) is 31.7 Å². The molecule has 96 valence electrons. The number of nitrogens with zero attached hydrogens (tertiary/aromatic N) is 4. The predicted octanol–water partition coefficient (Wildman–Crippen LogP) is 0.941. The molecule has 5 N–H and O–H groups in total. The molecule has 0 saturated carbocycles. The maximum absolute atomic E-state index is 5.55. The summed E-state index contributed by atoms with van der Waals surface area (Å²) in [5.74, 6) is 1.18. The quantitative estimate of drug-likeness (QED) is 0.739. The molecule has 0 spiro atoms. The van der Waals surface area contributed by atoms with E-state index in [-0.39, 0.29) is 11.9 Å². The third-order valence-electron chi connectivity index (χ3n) is 2.58. The maximum Gasteiger partial charge on any atom is 0.225 e. The van der Waals surface area contributed by atoms with Gasteiger partial charge in [-0.15, -0.1) is 0 Å². The molecule has 0 aliphatic heterocycles. The van der Waals surface area contributed by atoms with Gasteiger partial charge in [0.2, 0.25) is 17.7 Å². The van der Waals surface area contributed by atoms with Crippen molar-refractivity contribution in [2.24, 2.45) is 0 Å². The molecule has 0 aliphatic rings. The van der Waals surface area contributed by atoms with Crippen LogP contribution in [0.25, 0.3) is 11.6 Å². The molecule has 0 aliphatic carbocycles. The van der Waals surface area contributed by atoms with Crippen LogP contribution in [-0.2, 0) is 12.8 Å². The van der Waals surface area contributed by atoms with Gasteiger partial charge in [-0.2, -0.15) is 15.0 Å². The second kappa shape index (κ2) is 4.99. The highest BCUT2D eigenvalue weighted by molar-refractivity contribution is 5.49. The van der Waals surface area contributed by atoms with E-state index in [0.29, 0.717) is 11.6 Å². The molecule has 2 aromatic rings. The molecular weight excluding hydrogens is 230 g/mol. The van der Waals surface area contributed by atoms with Crippen molar-refractivity contribution in [2.75, 3.05) is 11.5 Å². The van der Waals surface area contributed by atoms with Crippen LogP contribution in [0.3, 0.4) is 0 Å². The SMILES string of the molecule is CCCc1[nH]c(-c2nc(N)nc(N)n2)nc1CC. The molecule has 0 amide bonds. The van der Waals surface area contributed by atoms with E-state index in [2.05, 4.69) is 38.8 Å². The van der Waals surface area contributed by atoms with E-state index in [1.165, 1.54) is 0 Å². The average molecular weight is 247 g/mol. The van der Waals surface area contributed by atoms with Gasteiger partial charge in [-0.3, -0.25) is 0 Å². The van der Waals surface area contributed by atoms with Gasteiger partial charge in [-0.05, 0) is 12.8 Å². The molecule has 0 aromatic carbocycles. The van der Waals surface area contributed by atoms with E-state index in [0.717, 1.165) is 30.7 Å². The highest BCUT2D eigenvalue weighted by Crippen LogP contribution is 2.17. The summed E-state index contributed by atoms with van der Waals surface area (Å²) in [6, 6.07) is 0. The van der Waals surface area contributed by atoms with E-state index in [1.807, 2.05) is 0 Å². The molecule has 2 rings (SSSR count). The van der Waals surface area contributed by atoms with Gasteiger partial charge in [0, 0.05) is 5.69 Å². The number of nitrogen functional groups attached to an aromatic ring is 2. The summed E-state index contributed by atoms with van der Waals surface area (Å²) >= 11 is 0. The predicted molar refractivity (Wildman–Crippen MR) is 69.6 cm³/mol. The first-order valence-corrected chi connectivity index (χ1v) is 5.99. The molecule has 18 heavy (non-hydrogen) atoms. The zero-order valence-electron chi connectivity index (χ0n) is 10.6.